The highest BCUT2D eigenvalue weighted by molar-refractivity contribution is 8.00. The Morgan fingerprint density at radius 1 is 1.44 bits per heavy atom. The van der Waals surface area contributed by atoms with Gasteiger partial charge in [0, 0.05) is 12.2 Å². The van der Waals surface area contributed by atoms with Crippen molar-refractivity contribution < 1.29 is 31.5 Å². The summed E-state index contributed by atoms with van der Waals surface area (Å²) in [4.78, 5) is 10.8. The molecule has 1 N–H and O–H groups in total. The monoisotopic (exact) mass is 307 g/mol. The third-order valence-electron chi connectivity index (χ3n) is 2.35. The molecule has 1 heterocycles. The fourth-order valence-electron chi connectivity index (χ4n) is 1.47. The standard InChI is InChI=1S/C8H12F3NO4S2/c9-8(10,11)2-1-3-18(15,16)12-5-17-4-6(12)7(13)14/h6H,1-5H2,(H,13,14)/t6-/m0/s1. The van der Waals surface area contributed by atoms with E-state index in [1.165, 1.54) is 0 Å². The van der Waals surface area contributed by atoms with Gasteiger partial charge in [0.1, 0.15) is 6.04 Å². The minimum Gasteiger partial charge on any atom is -0.480 e. The van der Waals surface area contributed by atoms with Gasteiger partial charge in [-0.2, -0.15) is 17.5 Å². The third-order valence-corrected chi connectivity index (χ3v) is 5.43. The Balaban J connectivity index is 2.61. The molecule has 1 aliphatic rings. The molecule has 1 rings (SSSR count). The summed E-state index contributed by atoms with van der Waals surface area (Å²) >= 11 is 1.13. The number of hydrogen-bond acceptors (Lipinski definition) is 4. The summed E-state index contributed by atoms with van der Waals surface area (Å²) in [6, 6.07) is -1.18. The number of hydrogen-bond donors (Lipinski definition) is 1. The Hall–Kier alpha value is -0.480. The van der Waals surface area contributed by atoms with Crippen molar-refractivity contribution in [1.29, 1.82) is 0 Å². The molecule has 1 saturated heterocycles. The first-order valence-electron chi connectivity index (χ1n) is 5.00. The molecule has 0 aromatic rings. The fraction of sp³-hybridized carbons (Fsp3) is 0.875. The SMILES string of the molecule is O=C(O)[C@@H]1CSCN1S(=O)(=O)CCCC(F)(F)F. The van der Waals surface area contributed by atoms with Crippen molar-refractivity contribution in [2.45, 2.75) is 25.1 Å². The Kier molecular flexibility index (Phi) is 4.90. The second-order valence-electron chi connectivity index (χ2n) is 3.78. The first-order valence-corrected chi connectivity index (χ1v) is 7.77. The number of nitrogens with zero attached hydrogens (tertiary/aromatic N) is 1. The van der Waals surface area contributed by atoms with Gasteiger partial charge in [-0.3, -0.25) is 4.79 Å². The number of carbonyl (C=O) groups is 1. The van der Waals surface area contributed by atoms with Gasteiger partial charge in [0.05, 0.1) is 11.6 Å². The van der Waals surface area contributed by atoms with Crippen LogP contribution in [0.15, 0.2) is 0 Å². The third kappa shape index (κ3) is 4.32. The number of sulfonamides is 1. The summed E-state index contributed by atoms with van der Waals surface area (Å²) in [6.07, 6.45) is -6.15. The molecular weight excluding hydrogens is 295 g/mol. The van der Waals surface area contributed by atoms with Gasteiger partial charge < -0.3 is 5.11 Å². The highest BCUT2D eigenvalue weighted by Crippen LogP contribution is 2.26. The molecule has 5 nitrogen and oxygen atoms in total. The summed E-state index contributed by atoms with van der Waals surface area (Å²) in [5, 5.41) is 8.80. The predicted molar refractivity (Wildman–Crippen MR) is 59.7 cm³/mol. The first-order chi connectivity index (χ1) is 8.13. The molecule has 0 aliphatic carbocycles. The number of carboxylic acid groups (broad SMARTS) is 1. The molecule has 0 saturated carbocycles. The van der Waals surface area contributed by atoms with Crippen LogP contribution in [0.2, 0.25) is 0 Å². The van der Waals surface area contributed by atoms with Crippen molar-refractivity contribution in [2.75, 3.05) is 17.4 Å². The van der Waals surface area contributed by atoms with Crippen LogP contribution in [0.3, 0.4) is 0 Å². The van der Waals surface area contributed by atoms with Crippen LogP contribution >= 0.6 is 11.8 Å². The van der Waals surface area contributed by atoms with Crippen molar-refractivity contribution >= 4 is 27.8 Å². The van der Waals surface area contributed by atoms with Crippen molar-refractivity contribution in [2.24, 2.45) is 0 Å². The Morgan fingerprint density at radius 2 is 2.06 bits per heavy atom. The van der Waals surface area contributed by atoms with E-state index in [9.17, 15) is 26.4 Å². The molecule has 1 aliphatic heterocycles. The molecule has 18 heavy (non-hydrogen) atoms. The molecule has 10 heteroatoms. The van der Waals surface area contributed by atoms with E-state index in [4.69, 9.17) is 5.11 Å². The number of carboxylic acids is 1. The molecule has 0 radical (unpaired) electrons. The van der Waals surface area contributed by atoms with E-state index >= 15 is 0 Å². The maximum atomic E-state index is 11.9. The van der Waals surface area contributed by atoms with Crippen molar-refractivity contribution in [3.05, 3.63) is 0 Å². The van der Waals surface area contributed by atoms with E-state index in [0.29, 0.717) is 0 Å². The van der Waals surface area contributed by atoms with Gasteiger partial charge in [-0.05, 0) is 6.42 Å². The molecule has 1 atom stereocenters. The largest absolute Gasteiger partial charge is 0.480 e. The predicted octanol–water partition coefficient (Wildman–Crippen LogP) is 1.12. The highest BCUT2D eigenvalue weighted by Gasteiger charge is 2.39. The van der Waals surface area contributed by atoms with Crippen LogP contribution in [0.1, 0.15) is 12.8 Å². The van der Waals surface area contributed by atoms with E-state index < -0.39 is 46.8 Å². The van der Waals surface area contributed by atoms with Crippen LogP contribution in [0, 0.1) is 0 Å². The number of aliphatic carboxylic acids is 1. The van der Waals surface area contributed by atoms with Gasteiger partial charge in [0.25, 0.3) is 0 Å². The fourth-order valence-corrected chi connectivity index (χ4v) is 4.74. The maximum absolute atomic E-state index is 11.9. The summed E-state index contributed by atoms with van der Waals surface area (Å²) in [5.41, 5.74) is 0. The van der Waals surface area contributed by atoms with E-state index in [0.717, 1.165) is 16.1 Å². The van der Waals surface area contributed by atoms with Crippen molar-refractivity contribution in [3.63, 3.8) is 0 Å². The molecule has 0 unspecified atom stereocenters. The smallest absolute Gasteiger partial charge is 0.389 e. The molecular formula is C8H12F3NO4S2. The quantitative estimate of drug-likeness (QED) is 0.824. The number of halogens is 3. The maximum Gasteiger partial charge on any atom is 0.389 e. The second kappa shape index (κ2) is 5.66. The van der Waals surface area contributed by atoms with Gasteiger partial charge in [-0.25, -0.2) is 8.42 Å². The Bertz CT molecular complexity index is 409. The average molecular weight is 307 g/mol. The Labute approximate surface area is 106 Å². The lowest BCUT2D eigenvalue weighted by Gasteiger charge is -2.20. The minimum atomic E-state index is -4.40. The van der Waals surface area contributed by atoms with Gasteiger partial charge >= 0.3 is 12.1 Å². The molecule has 0 aromatic carbocycles. The van der Waals surface area contributed by atoms with Crippen molar-refractivity contribution in [3.8, 4) is 0 Å². The van der Waals surface area contributed by atoms with Gasteiger partial charge in [0.15, 0.2) is 0 Å². The highest BCUT2D eigenvalue weighted by atomic mass is 32.2. The zero-order chi connectivity index (χ0) is 14.0. The summed E-state index contributed by atoms with van der Waals surface area (Å²) in [7, 11) is -3.94. The van der Waals surface area contributed by atoms with E-state index in [-0.39, 0.29) is 11.6 Å². The lowest BCUT2D eigenvalue weighted by atomic mass is 10.3. The van der Waals surface area contributed by atoms with Gasteiger partial charge in [-0.1, -0.05) is 0 Å². The molecule has 0 spiro atoms. The van der Waals surface area contributed by atoms with Crippen molar-refractivity contribution in [1.82, 2.24) is 4.31 Å². The topological polar surface area (TPSA) is 74.7 Å². The zero-order valence-corrected chi connectivity index (χ0v) is 10.8. The number of thioether (sulfide) groups is 1. The number of rotatable bonds is 5. The van der Waals surface area contributed by atoms with Crippen LogP contribution < -0.4 is 0 Å². The van der Waals surface area contributed by atoms with Crippen LogP contribution in [0.25, 0.3) is 0 Å². The average Bonchev–Trinajstić information content (AvgIpc) is 2.63. The van der Waals surface area contributed by atoms with Crippen LogP contribution in [0.4, 0.5) is 13.2 Å². The molecule has 0 amide bonds. The minimum absolute atomic E-state index is 0.0225. The molecule has 1 fully saturated rings. The van der Waals surface area contributed by atoms with Crippen LogP contribution in [-0.2, 0) is 14.8 Å². The number of alkyl halides is 3. The normalized spacial score (nSPS) is 22.3. The van der Waals surface area contributed by atoms with E-state index in [1.807, 2.05) is 0 Å². The molecule has 106 valence electrons. The summed E-state index contributed by atoms with van der Waals surface area (Å²) in [6.45, 7) is 0. The summed E-state index contributed by atoms with van der Waals surface area (Å²) < 4.78 is 59.9. The van der Waals surface area contributed by atoms with E-state index in [1.54, 1.807) is 0 Å². The first kappa shape index (κ1) is 15.6. The second-order valence-corrected chi connectivity index (χ2v) is 6.82. The van der Waals surface area contributed by atoms with E-state index in [2.05, 4.69) is 0 Å². The molecule has 0 bridgehead atoms. The van der Waals surface area contributed by atoms with Gasteiger partial charge in [0.2, 0.25) is 10.0 Å². The molecule has 0 aromatic heterocycles. The lowest BCUT2D eigenvalue weighted by molar-refractivity contribution is -0.140. The summed E-state index contributed by atoms with van der Waals surface area (Å²) in [5.74, 6) is -1.87. The van der Waals surface area contributed by atoms with Crippen LogP contribution in [0.5, 0.6) is 0 Å². The Morgan fingerprint density at radius 3 is 2.56 bits per heavy atom. The zero-order valence-electron chi connectivity index (χ0n) is 9.18. The lowest BCUT2D eigenvalue weighted by Crippen LogP contribution is -2.42. The van der Waals surface area contributed by atoms with Gasteiger partial charge in [-0.15, -0.1) is 11.8 Å². The van der Waals surface area contributed by atoms with Crippen LogP contribution in [-0.4, -0.2) is 53.4 Å².